The highest BCUT2D eigenvalue weighted by Crippen LogP contribution is 2.57. The summed E-state index contributed by atoms with van der Waals surface area (Å²) in [6.45, 7) is 9.37. The van der Waals surface area contributed by atoms with E-state index in [1.54, 1.807) is 33.3 Å². The zero-order valence-electron chi connectivity index (χ0n) is 30.2. The maximum absolute atomic E-state index is 14.4. The molecular formula is C36H50N6O8S. The Labute approximate surface area is 299 Å². The van der Waals surface area contributed by atoms with E-state index in [9.17, 15) is 27.6 Å². The normalized spacial score (nSPS) is 28.4. The van der Waals surface area contributed by atoms with Crippen molar-refractivity contribution in [3.8, 4) is 6.01 Å². The molecule has 2 aliphatic heterocycles. The third kappa shape index (κ3) is 8.44. The number of carbonyl (C=O) groups is 4. The summed E-state index contributed by atoms with van der Waals surface area (Å²) in [6.07, 6.45) is 11.1. The van der Waals surface area contributed by atoms with Gasteiger partial charge in [-0.2, -0.15) is 4.98 Å². The molecule has 6 rings (SSSR count). The lowest BCUT2D eigenvalue weighted by Crippen LogP contribution is -2.46. The number of amides is 2. The van der Waals surface area contributed by atoms with Crippen LogP contribution < -0.4 is 9.46 Å². The van der Waals surface area contributed by atoms with E-state index in [2.05, 4.69) is 19.7 Å². The molecule has 0 radical (unpaired) electrons. The summed E-state index contributed by atoms with van der Waals surface area (Å²) >= 11 is 0. The van der Waals surface area contributed by atoms with E-state index in [1.807, 2.05) is 30.6 Å². The van der Waals surface area contributed by atoms with Gasteiger partial charge in [0, 0.05) is 24.8 Å². The Balaban J connectivity index is 1.29. The minimum Gasteiger partial charge on any atom is -0.460 e. The Bertz CT molecular complexity index is 1810. The Morgan fingerprint density at radius 3 is 2.57 bits per heavy atom. The van der Waals surface area contributed by atoms with Gasteiger partial charge in [-0.3, -0.25) is 23.9 Å². The van der Waals surface area contributed by atoms with Gasteiger partial charge < -0.3 is 18.9 Å². The van der Waals surface area contributed by atoms with Gasteiger partial charge in [0.15, 0.2) is 11.4 Å². The highest BCUT2D eigenvalue weighted by molar-refractivity contribution is 7.90. The van der Waals surface area contributed by atoms with E-state index < -0.39 is 56.2 Å². The first kappa shape index (κ1) is 36.9. The van der Waals surface area contributed by atoms with Gasteiger partial charge in [-0.1, -0.05) is 25.0 Å². The Morgan fingerprint density at radius 2 is 1.86 bits per heavy atom. The monoisotopic (exact) mass is 726 g/mol. The van der Waals surface area contributed by atoms with Crippen LogP contribution in [-0.4, -0.2) is 85.9 Å². The van der Waals surface area contributed by atoms with E-state index in [4.69, 9.17) is 9.47 Å². The van der Waals surface area contributed by atoms with Crippen molar-refractivity contribution in [1.29, 1.82) is 0 Å². The molecule has 15 heteroatoms. The molecule has 3 fully saturated rings. The first-order chi connectivity index (χ1) is 24.1. The number of ether oxygens (including phenoxy) is 2. The fourth-order valence-corrected chi connectivity index (χ4v) is 8.68. The number of hydrogen-bond acceptors (Lipinski definition) is 11. The molecule has 0 aromatic carbocycles. The van der Waals surface area contributed by atoms with Gasteiger partial charge in [-0.25, -0.2) is 18.4 Å². The van der Waals surface area contributed by atoms with Crippen molar-refractivity contribution < 1.29 is 37.1 Å². The van der Waals surface area contributed by atoms with Crippen LogP contribution in [0.2, 0.25) is 0 Å². The molecule has 2 saturated carbocycles. The van der Waals surface area contributed by atoms with Crippen molar-refractivity contribution in [2.24, 2.45) is 17.3 Å². The fraction of sp³-hybridized carbons (Fsp3) is 0.694. The molecule has 1 saturated heterocycles. The number of nitrogens with one attached hydrogen (secondary N) is 1. The molecule has 278 valence electrons. The third-order valence-electron chi connectivity index (χ3n) is 10.3. The number of allylic oxidation sites excluding steroid dienone is 2. The van der Waals surface area contributed by atoms with E-state index in [0.29, 0.717) is 43.3 Å². The number of carbonyl (C=O) groups excluding carboxylic acids is 4. The summed E-state index contributed by atoms with van der Waals surface area (Å²) in [5, 5.41) is -0.591. The minimum absolute atomic E-state index is 0.0451. The van der Waals surface area contributed by atoms with E-state index in [0.717, 1.165) is 19.3 Å². The van der Waals surface area contributed by atoms with Gasteiger partial charge in [-0.15, -0.1) is 0 Å². The van der Waals surface area contributed by atoms with Gasteiger partial charge >= 0.3 is 12.0 Å². The topological polar surface area (TPSA) is 180 Å². The minimum atomic E-state index is -3.84. The maximum atomic E-state index is 14.4. The molecule has 5 atom stereocenters. The first-order valence-corrected chi connectivity index (χ1v) is 19.7. The Kier molecular flexibility index (Phi) is 10.3. The predicted octanol–water partition coefficient (Wildman–Crippen LogP) is 4.20. The summed E-state index contributed by atoms with van der Waals surface area (Å²) < 4.78 is 41.6. The van der Waals surface area contributed by atoms with Crippen LogP contribution in [0.3, 0.4) is 0 Å². The average molecular weight is 727 g/mol. The number of fused-ring (bicyclic) bond motifs is 3. The molecule has 14 nitrogen and oxygen atoms in total. The van der Waals surface area contributed by atoms with Crippen LogP contribution in [0.5, 0.6) is 6.01 Å². The number of sulfonamides is 1. The molecule has 0 spiro atoms. The summed E-state index contributed by atoms with van der Waals surface area (Å²) in [5.74, 6) is -2.90. The molecule has 1 N–H and O–H groups in total. The molecule has 0 bridgehead atoms. The molecule has 0 unspecified atom stereocenters. The largest absolute Gasteiger partial charge is 0.460 e. The second-order valence-electron chi connectivity index (χ2n) is 15.9. The Hall–Kier alpha value is -3.88. The van der Waals surface area contributed by atoms with Gasteiger partial charge in [0.25, 0.3) is 0 Å². The van der Waals surface area contributed by atoms with E-state index in [-0.39, 0.29) is 55.5 Å². The van der Waals surface area contributed by atoms with Gasteiger partial charge in [0.05, 0.1) is 42.2 Å². The number of hydrogen-bond donors (Lipinski definition) is 1. The summed E-state index contributed by atoms with van der Waals surface area (Å²) in [5.41, 5.74) is -0.769. The lowest BCUT2D eigenvalue weighted by Gasteiger charge is -2.29. The molecule has 51 heavy (non-hydrogen) atoms. The van der Waals surface area contributed by atoms with Crippen LogP contribution in [0.4, 0.5) is 0 Å². The lowest BCUT2D eigenvalue weighted by molar-refractivity contribution is -0.159. The number of ketones is 1. The molecule has 2 aromatic rings. The number of rotatable bonds is 8. The van der Waals surface area contributed by atoms with Crippen molar-refractivity contribution in [2.45, 2.75) is 134 Å². The van der Waals surface area contributed by atoms with Gasteiger partial charge in [-0.05, 0) is 79.1 Å². The van der Waals surface area contributed by atoms with E-state index in [1.165, 1.54) is 4.90 Å². The molecule has 4 heterocycles. The molecular weight excluding hydrogens is 676 g/mol. The smallest absolute Gasteiger partial charge is 0.318 e. The van der Waals surface area contributed by atoms with Crippen LogP contribution >= 0.6 is 0 Å². The lowest BCUT2D eigenvalue weighted by atomic mass is 9.90. The number of aromatic nitrogens is 4. The number of nitrogens with zero attached hydrogens (tertiary/aromatic N) is 5. The molecule has 2 aromatic heterocycles. The van der Waals surface area contributed by atoms with E-state index >= 15 is 0 Å². The van der Waals surface area contributed by atoms with Crippen LogP contribution in [-0.2, 0) is 33.9 Å². The first-order valence-electron chi connectivity index (χ1n) is 18.2. The summed E-state index contributed by atoms with van der Waals surface area (Å²) in [4.78, 5) is 70.3. The van der Waals surface area contributed by atoms with Crippen LogP contribution in [0.25, 0.3) is 11.2 Å². The van der Waals surface area contributed by atoms with Crippen LogP contribution in [0, 0.1) is 17.3 Å². The predicted molar refractivity (Wildman–Crippen MR) is 187 cm³/mol. The summed E-state index contributed by atoms with van der Waals surface area (Å²) in [6, 6.07) is -0.795. The number of imidazole rings is 1. The zero-order valence-corrected chi connectivity index (χ0v) is 31.0. The van der Waals surface area contributed by atoms with Crippen LogP contribution in [0.15, 0.2) is 24.7 Å². The molecule has 2 amide bonds. The maximum Gasteiger partial charge on any atom is 0.318 e. The SMILES string of the molecule is CC(C)n1cnc2cnc(O[C@@H]3C[C@H]4C(=O)C[C@]5(C(=O)NS(=O)(=O)C6CC6)C[C@@H]5/C=C\CCCCC[C@H](CC(=O)OC(C)(C)C)C(=O)N4C3)nc21. The Morgan fingerprint density at radius 1 is 1.10 bits per heavy atom. The van der Waals surface area contributed by atoms with Crippen molar-refractivity contribution in [2.75, 3.05) is 6.54 Å². The van der Waals surface area contributed by atoms with Gasteiger partial charge in [0.2, 0.25) is 21.8 Å². The van der Waals surface area contributed by atoms with Crippen LogP contribution in [0.1, 0.15) is 111 Å². The highest BCUT2D eigenvalue weighted by Gasteiger charge is 2.61. The fourth-order valence-electron chi connectivity index (χ4n) is 7.30. The summed E-state index contributed by atoms with van der Waals surface area (Å²) in [7, 11) is -3.84. The average Bonchev–Trinajstić information content (AvgIpc) is 3.93. The standard InChI is InChI=1S/C36H50N6O8S/c1-22(2)42-21-38-27-19-37-34(39-31(27)42)49-25-16-28-29(43)18-36(33(46)40-51(47,48)26-13-14-26)17-24(36)12-10-8-6-7-9-11-23(32(45)41(28)20-25)15-30(44)50-35(3,4)5/h10,12,19,21-26,28H,6-9,11,13-18,20H2,1-5H3,(H,40,46)/b12-10-/t23-,24+,25-,28+,36-/m1/s1. The molecule has 2 aliphatic carbocycles. The highest BCUT2D eigenvalue weighted by atomic mass is 32.2. The second kappa shape index (κ2) is 14.3. The van der Waals surface area contributed by atoms with Gasteiger partial charge in [0.1, 0.15) is 17.2 Å². The van der Waals surface area contributed by atoms with Crippen molar-refractivity contribution >= 4 is 44.8 Å². The second-order valence-corrected chi connectivity index (χ2v) is 17.9. The van der Waals surface area contributed by atoms with Crippen molar-refractivity contribution in [3.05, 3.63) is 24.7 Å². The number of esters is 1. The third-order valence-corrected chi connectivity index (χ3v) is 12.1. The molecule has 4 aliphatic rings. The quantitative estimate of drug-likeness (QED) is 0.304. The zero-order chi connectivity index (χ0) is 36.7. The number of Topliss-reactive ketones (excluding diaryl/α,β-unsaturated/α-hetero) is 1. The van der Waals surface area contributed by atoms with Crippen molar-refractivity contribution in [1.82, 2.24) is 29.1 Å². The van der Waals surface area contributed by atoms with Crippen molar-refractivity contribution in [3.63, 3.8) is 0 Å².